The van der Waals surface area contributed by atoms with Gasteiger partial charge in [0.2, 0.25) is 0 Å². The number of hydrogen-bond acceptors (Lipinski definition) is 3. The summed E-state index contributed by atoms with van der Waals surface area (Å²) in [6, 6.07) is 0. The average molecular weight is 270 g/mol. The Morgan fingerprint density at radius 2 is 1.89 bits per heavy atom. The van der Waals surface area contributed by atoms with E-state index in [1.165, 1.54) is 45.4 Å². The van der Waals surface area contributed by atoms with Gasteiger partial charge < -0.3 is 9.84 Å². The molecule has 1 fully saturated rings. The van der Waals surface area contributed by atoms with Crippen LogP contribution in [0.2, 0.25) is 0 Å². The fraction of sp³-hybridized carbons (Fsp3) is 0.733. The molecule has 1 saturated carbocycles. The quantitative estimate of drug-likeness (QED) is 0.451. The largest absolute Gasteiger partial charge is 0.481 e. The monoisotopic (exact) mass is 270 g/mol. The molecule has 0 bridgehead atoms. The maximum atomic E-state index is 10.3. The lowest BCUT2D eigenvalue weighted by Crippen LogP contribution is -2.06. The van der Waals surface area contributed by atoms with E-state index in [1.54, 1.807) is 0 Å². The number of hydrogen-bond donors (Lipinski definition) is 1. The third-order valence-corrected chi connectivity index (χ3v) is 3.23. The van der Waals surface area contributed by atoms with Crippen LogP contribution in [0.15, 0.2) is 12.8 Å². The van der Waals surface area contributed by atoms with Crippen molar-refractivity contribution in [3.05, 3.63) is 12.8 Å². The molecule has 110 valence electrons. The van der Waals surface area contributed by atoms with Crippen molar-refractivity contribution in [2.24, 2.45) is 5.92 Å². The molecule has 0 aromatic carbocycles. The van der Waals surface area contributed by atoms with Crippen LogP contribution < -0.4 is 0 Å². The molecule has 19 heavy (non-hydrogen) atoms. The van der Waals surface area contributed by atoms with Gasteiger partial charge in [-0.05, 0) is 12.3 Å². The summed E-state index contributed by atoms with van der Waals surface area (Å²) in [6.07, 6.45) is 11.6. The van der Waals surface area contributed by atoms with E-state index in [4.69, 9.17) is 5.11 Å². The number of unbranched alkanes of at least 4 members (excludes halogenated alkanes) is 1. The molecular weight excluding hydrogens is 244 g/mol. The van der Waals surface area contributed by atoms with E-state index in [2.05, 4.69) is 11.3 Å². The Labute approximate surface area is 115 Å². The van der Waals surface area contributed by atoms with Gasteiger partial charge in [-0.3, -0.25) is 9.59 Å². The van der Waals surface area contributed by atoms with Gasteiger partial charge in [0.25, 0.3) is 0 Å². The predicted octanol–water partition coefficient (Wildman–Crippen LogP) is 3.90. The first kappa shape index (κ1) is 17.7. The Balaban J connectivity index is 0.000000459. The van der Waals surface area contributed by atoms with Crippen molar-refractivity contribution >= 4 is 11.9 Å². The second-order valence-corrected chi connectivity index (χ2v) is 4.92. The summed E-state index contributed by atoms with van der Waals surface area (Å²) >= 11 is 0. The minimum Gasteiger partial charge on any atom is -0.481 e. The van der Waals surface area contributed by atoms with Crippen LogP contribution in [0.5, 0.6) is 0 Å². The average Bonchev–Trinajstić information content (AvgIpc) is 2.36. The summed E-state index contributed by atoms with van der Waals surface area (Å²) in [5, 5.41) is 8.45. The van der Waals surface area contributed by atoms with Gasteiger partial charge in [-0.2, -0.15) is 0 Å². The van der Waals surface area contributed by atoms with Gasteiger partial charge in [0.1, 0.15) is 0 Å². The smallest absolute Gasteiger partial charge is 0.307 e. The Kier molecular flexibility index (Phi) is 10.9. The zero-order valence-corrected chi connectivity index (χ0v) is 11.9. The Hall–Kier alpha value is -1.32. The minimum absolute atomic E-state index is 0.329. The summed E-state index contributed by atoms with van der Waals surface area (Å²) in [4.78, 5) is 20.0. The van der Waals surface area contributed by atoms with Crippen LogP contribution in [0.1, 0.15) is 64.7 Å². The number of carbonyl (C=O) groups excluding carboxylic acids is 1. The highest BCUT2D eigenvalue weighted by atomic mass is 16.5. The van der Waals surface area contributed by atoms with Crippen LogP contribution in [0.4, 0.5) is 0 Å². The van der Waals surface area contributed by atoms with Crippen molar-refractivity contribution < 1.29 is 19.4 Å². The number of carbonyl (C=O) groups is 2. The zero-order chi connectivity index (χ0) is 14.5. The predicted molar refractivity (Wildman–Crippen MR) is 74.6 cm³/mol. The maximum absolute atomic E-state index is 10.3. The van der Waals surface area contributed by atoms with Crippen LogP contribution >= 0.6 is 0 Å². The molecule has 1 aliphatic rings. The van der Waals surface area contributed by atoms with Gasteiger partial charge in [0, 0.05) is 13.3 Å². The van der Waals surface area contributed by atoms with Gasteiger partial charge in [0.05, 0.1) is 6.26 Å². The first-order chi connectivity index (χ1) is 9.06. The molecular formula is C15H26O4. The van der Waals surface area contributed by atoms with Gasteiger partial charge in [-0.1, -0.05) is 51.5 Å². The fourth-order valence-electron chi connectivity index (χ4n) is 2.30. The van der Waals surface area contributed by atoms with Crippen molar-refractivity contribution in [2.75, 3.05) is 0 Å². The molecule has 0 heterocycles. The molecule has 0 aliphatic heterocycles. The molecule has 0 spiro atoms. The van der Waals surface area contributed by atoms with E-state index in [0.717, 1.165) is 25.0 Å². The van der Waals surface area contributed by atoms with Gasteiger partial charge in [-0.15, -0.1) is 0 Å². The van der Waals surface area contributed by atoms with Gasteiger partial charge >= 0.3 is 11.9 Å². The number of esters is 1. The lowest BCUT2D eigenvalue weighted by atomic mass is 9.86. The van der Waals surface area contributed by atoms with E-state index in [-0.39, 0.29) is 5.97 Å². The van der Waals surface area contributed by atoms with Crippen LogP contribution in [-0.2, 0) is 14.3 Å². The van der Waals surface area contributed by atoms with Crippen LogP contribution in [0.25, 0.3) is 0 Å². The third kappa shape index (κ3) is 12.9. The molecule has 0 aromatic rings. The standard InChI is InChI=1S/C11H20O2.C4H6O2/c12-11(13)9-5-4-8-10-6-2-1-3-7-10;1-3-6-4(2)5/h10H,1-9H2,(H,12,13);3H,1H2,2H3. The van der Waals surface area contributed by atoms with E-state index >= 15 is 0 Å². The van der Waals surface area contributed by atoms with Crippen molar-refractivity contribution in [1.82, 2.24) is 0 Å². The summed E-state index contributed by atoms with van der Waals surface area (Å²) in [5.41, 5.74) is 0. The molecule has 0 unspecified atom stereocenters. The number of carboxylic acid groups (broad SMARTS) is 1. The molecule has 1 aliphatic carbocycles. The summed E-state index contributed by atoms with van der Waals surface area (Å²) in [7, 11) is 0. The van der Waals surface area contributed by atoms with E-state index < -0.39 is 5.97 Å². The zero-order valence-electron chi connectivity index (χ0n) is 11.9. The molecule has 0 saturated heterocycles. The Bertz CT molecular complexity index is 267. The SMILES string of the molecule is C=COC(C)=O.O=C(O)CCCCC1CCCCC1. The minimum atomic E-state index is -0.649. The van der Waals surface area contributed by atoms with Crippen LogP contribution in [-0.4, -0.2) is 17.0 Å². The van der Waals surface area contributed by atoms with Crippen LogP contribution in [0, 0.1) is 5.92 Å². The van der Waals surface area contributed by atoms with Crippen LogP contribution in [0.3, 0.4) is 0 Å². The first-order valence-corrected chi connectivity index (χ1v) is 7.06. The molecule has 4 nitrogen and oxygen atoms in total. The van der Waals surface area contributed by atoms with E-state index in [0.29, 0.717) is 6.42 Å². The summed E-state index contributed by atoms with van der Waals surface area (Å²) < 4.78 is 4.17. The highest BCUT2D eigenvalue weighted by Gasteiger charge is 2.12. The van der Waals surface area contributed by atoms with E-state index in [9.17, 15) is 9.59 Å². The highest BCUT2D eigenvalue weighted by molar-refractivity contribution is 5.66. The third-order valence-electron chi connectivity index (χ3n) is 3.23. The van der Waals surface area contributed by atoms with Gasteiger partial charge in [0.15, 0.2) is 0 Å². The molecule has 0 radical (unpaired) electrons. The lowest BCUT2D eigenvalue weighted by molar-refractivity contribution is -0.137. The van der Waals surface area contributed by atoms with Crippen molar-refractivity contribution in [3.63, 3.8) is 0 Å². The topological polar surface area (TPSA) is 63.6 Å². The molecule has 0 atom stereocenters. The molecule has 4 heteroatoms. The number of ether oxygens (including phenoxy) is 1. The van der Waals surface area contributed by atoms with Gasteiger partial charge in [-0.25, -0.2) is 0 Å². The van der Waals surface area contributed by atoms with Crippen molar-refractivity contribution in [2.45, 2.75) is 64.7 Å². The molecule has 1 N–H and O–H groups in total. The van der Waals surface area contributed by atoms with Crippen molar-refractivity contribution in [3.8, 4) is 0 Å². The molecule has 0 aromatic heterocycles. The lowest BCUT2D eigenvalue weighted by Gasteiger charge is -2.20. The number of aliphatic carboxylic acids is 1. The summed E-state index contributed by atoms with van der Waals surface area (Å²) in [5.74, 6) is -0.0730. The normalized spacial score (nSPS) is 15.0. The second-order valence-electron chi connectivity index (χ2n) is 4.92. The fourth-order valence-corrected chi connectivity index (χ4v) is 2.30. The molecule has 1 rings (SSSR count). The Morgan fingerprint density at radius 3 is 2.32 bits per heavy atom. The van der Waals surface area contributed by atoms with Crippen molar-refractivity contribution in [1.29, 1.82) is 0 Å². The summed E-state index contributed by atoms with van der Waals surface area (Å²) in [6.45, 7) is 4.48. The Morgan fingerprint density at radius 1 is 1.26 bits per heavy atom. The number of rotatable bonds is 6. The number of carboxylic acids is 1. The first-order valence-electron chi connectivity index (χ1n) is 7.06. The van der Waals surface area contributed by atoms with E-state index in [1.807, 2.05) is 0 Å². The second kappa shape index (κ2) is 11.8. The maximum Gasteiger partial charge on any atom is 0.307 e. The highest BCUT2D eigenvalue weighted by Crippen LogP contribution is 2.27. The molecule has 0 amide bonds.